The maximum atomic E-state index is 10.2. The van der Waals surface area contributed by atoms with Crippen LogP contribution in [0, 0.1) is 0 Å². The van der Waals surface area contributed by atoms with E-state index < -0.39 is 7.12 Å². The SMILES string of the molecule is CCCC1(OB(O)c2ccccc2)CCCCC1. The van der Waals surface area contributed by atoms with E-state index >= 15 is 0 Å². The highest BCUT2D eigenvalue weighted by Crippen LogP contribution is 2.35. The highest BCUT2D eigenvalue weighted by molar-refractivity contribution is 6.60. The molecule has 1 aliphatic carbocycles. The van der Waals surface area contributed by atoms with Gasteiger partial charge in [-0.2, -0.15) is 0 Å². The van der Waals surface area contributed by atoms with Crippen LogP contribution >= 0.6 is 0 Å². The van der Waals surface area contributed by atoms with Gasteiger partial charge >= 0.3 is 7.12 Å². The smallest absolute Gasteiger partial charge is 0.423 e. The van der Waals surface area contributed by atoms with E-state index in [1.54, 1.807) is 0 Å². The molecular formula is C15H23BO2. The maximum absolute atomic E-state index is 10.2. The largest absolute Gasteiger partial charge is 0.491 e. The van der Waals surface area contributed by atoms with Gasteiger partial charge in [0.25, 0.3) is 0 Å². The first-order valence-corrected chi connectivity index (χ1v) is 7.17. The molecule has 98 valence electrons. The minimum Gasteiger partial charge on any atom is -0.423 e. The molecule has 0 amide bonds. The van der Waals surface area contributed by atoms with Gasteiger partial charge in [-0.15, -0.1) is 0 Å². The zero-order chi connectivity index (χ0) is 12.8. The molecule has 1 aromatic rings. The Hall–Kier alpha value is -0.795. The normalized spacial score (nSPS) is 18.6. The average molecular weight is 246 g/mol. The molecule has 0 unspecified atom stereocenters. The molecule has 0 aromatic heterocycles. The van der Waals surface area contributed by atoms with Crippen molar-refractivity contribution in [2.24, 2.45) is 0 Å². The van der Waals surface area contributed by atoms with Crippen LogP contribution in [-0.4, -0.2) is 17.7 Å². The first-order chi connectivity index (χ1) is 8.76. The predicted molar refractivity (Wildman–Crippen MR) is 75.9 cm³/mol. The summed E-state index contributed by atoms with van der Waals surface area (Å²) in [5.74, 6) is 0. The number of hydrogen-bond donors (Lipinski definition) is 1. The van der Waals surface area contributed by atoms with Crippen LogP contribution < -0.4 is 5.46 Å². The second-order valence-electron chi connectivity index (χ2n) is 5.37. The molecule has 18 heavy (non-hydrogen) atoms. The Bertz CT molecular complexity index is 341. The molecule has 0 spiro atoms. The zero-order valence-corrected chi connectivity index (χ0v) is 11.3. The summed E-state index contributed by atoms with van der Waals surface area (Å²) in [7, 11) is -0.782. The Morgan fingerprint density at radius 1 is 1.17 bits per heavy atom. The highest BCUT2D eigenvalue weighted by Gasteiger charge is 2.36. The minimum atomic E-state index is -0.782. The van der Waals surface area contributed by atoms with Crippen LogP contribution in [0.15, 0.2) is 30.3 Å². The summed E-state index contributed by atoms with van der Waals surface area (Å²) in [5.41, 5.74) is 0.765. The second-order valence-corrected chi connectivity index (χ2v) is 5.37. The van der Waals surface area contributed by atoms with E-state index in [1.165, 1.54) is 19.3 Å². The lowest BCUT2D eigenvalue weighted by atomic mass is 9.74. The van der Waals surface area contributed by atoms with Gasteiger partial charge < -0.3 is 9.68 Å². The Balaban J connectivity index is 2.04. The number of benzene rings is 1. The van der Waals surface area contributed by atoms with Gasteiger partial charge in [0.1, 0.15) is 0 Å². The summed E-state index contributed by atoms with van der Waals surface area (Å²) in [6.07, 6.45) is 8.09. The monoisotopic (exact) mass is 246 g/mol. The van der Waals surface area contributed by atoms with Gasteiger partial charge in [0, 0.05) is 0 Å². The van der Waals surface area contributed by atoms with Crippen molar-refractivity contribution in [1.82, 2.24) is 0 Å². The van der Waals surface area contributed by atoms with Crippen LogP contribution in [0.2, 0.25) is 0 Å². The first-order valence-electron chi connectivity index (χ1n) is 7.17. The fourth-order valence-corrected chi connectivity index (χ4v) is 3.00. The third kappa shape index (κ3) is 3.36. The number of hydrogen-bond acceptors (Lipinski definition) is 2. The van der Waals surface area contributed by atoms with Crippen molar-refractivity contribution >= 4 is 12.6 Å². The van der Waals surface area contributed by atoms with Crippen LogP contribution in [0.1, 0.15) is 51.9 Å². The summed E-state index contributed by atoms with van der Waals surface area (Å²) in [6, 6.07) is 9.68. The van der Waals surface area contributed by atoms with Crippen molar-refractivity contribution in [3.63, 3.8) is 0 Å². The molecule has 0 saturated heterocycles. The van der Waals surface area contributed by atoms with Crippen LogP contribution in [0.5, 0.6) is 0 Å². The molecule has 0 bridgehead atoms. The van der Waals surface area contributed by atoms with E-state index in [0.717, 1.165) is 31.1 Å². The first kappa shape index (κ1) is 13.6. The molecule has 0 radical (unpaired) electrons. The van der Waals surface area contributed by atoms with Crippen molar-refractivity contribution in [3.8, 4) is 0 Å². The average Bonchev–Trinajstić information content (AvgIpc) is 2.41. The molecule has 0 atom stereocenters. The van der Waals surface area contributed by atoms with E-state index in [9.17, 15) is 5.02 Å². The van der Waals surface area contributed by atoms with Gasteiger partial charge in [-0.3, -0.25) is 0 Å². The number of rotatable bonds is 5. The van der Waals surface area contributed by atoms with E-state index in [2.05, 4.69) is 6.92 Å². The predicted octanol–water partition coefficient (Wildman–Crippen LogP) is 2.89. The van der Waals surface area contributed by atoms with E-state index in [-0.39, 0.29) is 5.60 Å². The quantitative estimate of drug-likeness (QED) is 0.809. The minimum absolute atomic E-state index is 0.0950. The van der Waals surface area contributed by atoms with Gasteiger partial charge in [-0.1, -0.05) is 62.9 Å². The lowest BCUT2D eigenvalue weighted by Gasteiger charge is -2.38. The molecule has 1 fully saturated rings. The molecule has 2 nitrogen and oxygen atoms in total. The van der Waals surface area contributed by atoms with Crippen molar-refractivity contribution in [2.75, 3.05) is 0 Å². The molecule has 1 N–H and O–H groups in total. The Labute approximate surface area is 111 Å². The fraction of sp³-hybridized carbons (Fsp3) is 0.600. The lowest BCUT2D eigenvalue weighted by Crippen LogP contribution is -2.46. The van der Waals surface area contributed by atoms with Crippen molar-refractivity contribution in [3.05, 3.63) is 30.3 Å². The molecule has 1 aromatic carbocycles. The summed E-state index contributed by atoms with van der Waals surface area (Å²) in [4.78, 5) is 0. The third-order valence-corrected chi connectivity index (χ3v) is 3.92. The van der Waals surface area contributed by atoms with Gasteiger partial charge in [-0.05, 0) is 24.7 Å². The van der Waals surface area contributed by atoms with Crippen molar-refractivity contribution in [1.29, 1.82) is 0 Å². The van der Waals surface area contributed by atoms with Crippen LogP contribution in [0.3, 0.4) is 0 Å². The zero-order valence-electron chi connectivity index (χ0n) is 11.3. The van der Waals surface area contributed by atoms with E-state index in [1.807, 2.05) is 30.3 Å². The van der Waals surface area contributed by atoms with Crippen LogP contribution in [0.4, 0.5) is 0 Å². The summed E-state index contributed by atoms with van der Waals surface area (Å²) in [5, 5.41) is 10.2. The Morgan fingerprint density at radius 2 is 1.83 bits per heavy atom. The van der Waals surface area contributed by atoms with Crippen molar-refractivity contribution < 1.29 is 9.68 Å². The lowest BCUT2D eigenvalue weighted by molar-refractivity contribution is 0.00643. The van der Waals surface area contributed by atoms with E-state index in [4.69, 9.17) is 4.65 Å². The molecule has 1 aliphatic rings. The third-order valence-electron chi connectivity index (χ3n) is 3.92. The van der Waals surface area contributed by atoms with Gasteiger partial charge in [0.05, 0.1) is 5.60 Å². The van der Waals surface area contributed by atoms with Crippen LogP contribution in [-0.2, 0) is 4.65 Å². The molecule has 2 rings (SSSR count). The Kier molecular flexibility index (Phi) is 4.84. The molecule has 1 saturated carbocycles. The second kappa shape index (κ2) is 6.39. The van der Waals surface area contributed by atoms with Gasteiger partial charge in [0.15, 0.2) is 0 Å². The van der Waals surface area contributed by atoms with E-state index in [0.29, 0.717) is 0 Å². The van der Waals surface area contributed by atoms with Crippen molar-refractivity contribution in [2.45, 2.75) is 57.5 Å². The fourth-order valence-electron chi connectivity index (χ4n) is 3.00. The standard InChI is InChI=1S/C15H23BO2/c1-2-11-15(12-7-4-8-13-15)18-16(17)14-9-5-3-6-10-14/h3,5-6,9-10,17H,2,4,7-8,11-13H2,1H3. The maximum Gasteiger partial charge on any atom is 0.491 e. The molecule has 0 heterocycles. The summed E-state index contributed by atoms with van der Waals surface area (Å²) in [6.45, 7) is 2.19. The summed E-state index contributed by atoms with van der Waals surface area (Å²) < 4.78 is 6.06. The van der Waals surface area contributed by atoms with Crippen LogP contribution in [0.25, 0.3) is 0 Å². The topological polar surface area (TPSA) is 29.5 Å². The summed E-state index contributed by atoms with van der Waals surface area (Å²) >= 11 is 0. The Morgan fingerprint density at radius 3 is 2.44 bits per heavy atom. The van der Waals surface area contributed by atoms with Gasteiger partial charge in [0.2, 0.25) is 0 Å². The molecular weight excluding hydrogens is 223 g/mol. The van der Waals surface area contributed by atoms with Gasteiger partial charge in [-0.25, -0.2) is 0 Å². The molecule has 3 heteroatoms. The highest BCUT2D eigenvalue weighted by atomic mass is 16.5. The molecule has 0 aliphatic heterocycles.